The van der Waals surface area contributed by atoms with Crippen LogP contribution in [0.3, 0.4) is 0 Å². The van der Waals surface area contributed by atoms with E-state index in [1.807, 2.05) is 5.38 Å². The molecule has 116 valence electrons. The first-order valence-electron chi connectivity index (χ1n) is 7.18. The number of carboxylic acids is 1. The van der Waals surface area contributed by atoms with E-state index in [1.165, 1.54) is 11.3 Å². The number of nitrogens with zero attached hydrogens (tertiary/aromatic N) is 1. The van der Waals surface area contributed by atoms with Crippen molar-refractivity contribution in [2.45, 2.75) is 44.6 Å². The minimum Gasteiger partial charge on any atom is -0.480 e. The molecule has 0 aromatic carbocycles. The maximum atomic E-state index is 11.9. The Morgan fingerprint density at radius 2 is 2.19 bits per heavy atom. The fourth-order valence-electron chi connectivity index (χ4n) is 2.57. The number of aliphatic carboxylic acids is 1. The van der Waals surface area contributed by atoms with E-state index >= 15 is 0 Å². The topological polar surface area (TPSA) is 91.3 Å². The number of nitrogens with one attached hydrogen (secondary N) is 2. The molecular weight excluding hydrogens is 290 g/mol. The maximum Gasteiger partial charge on any atom is 0.329 e. The monoisotopic (exact) mass is 311 g/mol. The Morgan fingerprint density at radius 1 is 1.48 bits per heavy atom. The average molecular weight is 311 g/mol. The third kappa shape index (κ3) is 4.17. The summed E-state index contributed by atoms with van der Waals surface area (Å²) in [4.78, 5) is 27.6. The van der Waals surface area contributed by atoms with Gasteiger partial charge in [-0.1, -0.05) is 6.92 Å². The van der Waals surface area contributed by atoms with E-state index in [4.69, 9.17) is 0 Å². The zero-order valence-corrected chi connectivity index (χ0v) is 12.9. The van der Waals surface area contributed by atoms with Crippen molar-refractivity contribution in [3.8, 4) is 0 Å². The average Bonchev–Trinajstić information content (AvgIpc) is 2.94. The number of carboxylic acid groups (broad SMARTS) is 1. The first kappa shape index (κ1) is 15.8. The van der Waals surface area contributed by atoms with E-state index in [9.17, 15) is 14.7 Å². The number of carbonyl (C=O) groups is 2. The number of hydrogen-bond acceptors (Lipinski definition) is 4. The smallest absolute Gasteiger partial charge is 0.329 e. The van der Waals surface area contributed by atoms with Crippen molar-refractivity contribution in [1.82, 2.24) is 15.6 Å². The zero-order chi connectivity index (χ0) is 15.3. The summed E-state index contributed by atoms with van der Waals surface area (Å²) >= 11 is 1.51. The van der Waals surface area contributed by atoms with Crippen LogP contribution in [0.15, 0.2) is 10.9 Å². The van der Waals surface area contributed by atoms with Crippen LogP contribution in [0.1, 0.15) is 38.3 Å². The molecule has 1 saturated carbocycles. The van der Waals surface area contributed by atoms with E-state index in [1.54, 1.807) is 5.51 Å². The maximum absolute atomic E-state index is 11.9. The largest absolute Gasteiger partial charge is 0.480 e. The molecule has 1 aliphatic rings. The predicted molar refractivity (Wildman–Crippen MR) is 80.4 cm³/mol. The van der Waals surface area contributed by atoms with Gasteiger partial charge >= 0.3 is 12.0 Å². The van der Waals surface area contributed by atoms with Crippen LogP contribution in [0, 0.1) is 5.92 Å². The quantitative estimate of drug-likeness (QED) is 0.776. The standard InChI is InChI=1S/C14H21N3O3S/c1-10-2-5-14(6-3-10,12(18)19)17-13(20)15-7-4-11-8-21-9-16-11/h8-10H,2-7H2,1H3,(H,18,19)(H2,15,17,20). The first-order valence-corrected chi connectivity index (χ1v) is 8.12. The minimum atomic E-state index is -1.11. The van der Waals surface area contributed by atoms with Gasteiger partial charge in [0.05, 0.1) is 11.2 Å². The highest BCUT2D eigenvalue weighted by atomic mass is 32.1. The molecule has 1 fully saturated rings. The van der Waals surface area contributed by atoms with Gasteiger partial charge in [0, 0.05) is 18.3 Å². The highest BCUT2D eigenvalue weighted by Gasteiger charge is 2.42. The van der Waals surface area contributed by atoms with E-state index in [0.717, 1.165) is 18.5 Å². The van der Waals surface area contributed by atoms with Gasteiger partial charge in [0.1, 0.15) is 5.54 Å². The second-order valence-corrected chi connectivity index (χ2v) is 6.40. The number of amides is 2. The molecule has 2 rings (SSSR count). The molecule has 21 heavy (non-hydrogen) atoms. The molecule has 0 aliphatic heterocycles. The lowest BCUT2D eigenvalue weighted by atomic mass is 9.77. The van der Waals surface area contributed by atoms with Crippen molar-refractivity contribution in [3.05, 3.63) is 16.6 Å². The molecule has 0 atom stereocenters. The molecular formula is C14H21N3O3S. The molecule has 7 heteroatoms. The summed E-state index contributed by atoms with van der Waals surface area (Å²) in [6, 6.07) is -0.415. The number of aromatic nitrogens is 1. The van der Waals surface area contributed by atoms with Crippen LogP contribution in [-0.2, 0) is 11.2 Å². The second kappa shape index (κ2) is 6.89. The molecule has 1 aliphatic carbocycles. The predicted octanol–water partition coefficient (Wildman–Crippen LogP) is 2.02. The Labute approximate surface area is 128 Å². The Hall–Kier alpha value is -1.63. The molecule has 6 nitrogen and oxygen atoms in total. The van der Waals surface area contributed by atoms with Crippen LogP contribution < -0.4 is 10.6 Å². The van der Waals surface area contributed by atoms with Crippen molar-refractivity contribution >= 4 is 23.3 Å². The molecule has 1 aromatic heterocycles. The first-order chi connectivity index (χ1) is 10.0. The Balaban J connectivity index is 1.82. The molecule has 1 heterocycles. The highest BCUT2D eigenvalue weighted by molar-refractivity contribution is 7.07. The number of hydrogen-bond donors (Lipinski definition) is 3. The van der Waals surface area contributed by atoms with Crippen molar-refractivity contribution in [2.75, 3.05) is 6.54 Å². The van der Waals surface area contributed by atoms with Crippen LogP contribution in [0.25, 0.3) is 0 Å². The molecule has 0 radical (unpaired) electrons. The number of rotatable bonds is 5. The molecule has 0 bridgehead atoms. The van der Waals surface area contributed by atoms with Gasteiger partial charge < -0.3 is 15.7 Å². The summed E-state index contributed by atoms with van der Waals surface area (Å²) in [5, 5.41) is 16.8. The van der Waals surface area contributed by atoms with E-state index < -0.39 is 17.5 Å². The molecule has 0 saturated heterocycles. The van der Waals surface area contributed by atoms with Crippen LogP contribution in [0.4, 0.5) is 4.79 Å². The number of thiazole rings is 1. The molecule has 0 spiro atoms. The second-order valence-electron chi connectivity index (χ2n) is 5.68. The van der Waals surface area contributed by atoms with Gasteiger partial charge in [-0.3, -0.25) is 0 Å². The van der Waals surface area contributed by atoms with E-state index in [0.29, 0.717) is 31.7 Å². The van der Waals surface area contributed by atoms with Gasteiger partial charge in [-0.15, -0.1) is 11.3 Å². The highest BCUT2D eigenvalue weighted by Crippen LogP contribution is 2.32. The van der Waals surface area contributed by atoms with Crippen LogP contribution in [-0.4, -0.2) is 34.2 Å². The minimum absolute atomic E-state index is 0.415. The van der Waals surface area contributed by atoms with E-state index in [2.05, 4.69) is 22.5 Å². The summed E-state index contributed by atoms with van der Waals surface area (Å²) in [5.41, 5.74) is 1.56. The van der Waals surface area contributed by atoms with Crippen LogP contribution in [0.2, 0.25) is 0 Å². The van der Waals surface area contributed by atoms with Gasteiger partial charge in [0.25, 0.3) is 0 Å². The van der Waals surface area contributed by atoms with Gasteiger partial charge in [-0.05, 0) is 31.6 Å². The molecule has 1 aromatic rings. The molecule has 0 unspecified atom stereocenters. The molecule has 3 N–H and O–H groups in total. The summed E-state index contributed by atoms with van der Waals surface area (Å²) in [6.07, 6.45) is 3.27. The third-order valence-electron chi connectivity index (χ3n) is 4.04. The van der Waals surface area contributed by atoms with Crippen molar-refractivity contribution in [3.63, 3.8) is 0 Å². The number of carbonyl (C=O) groups excluding carboxylic acids is 1. The lowest BCUT2D eigenvalue weighted by Crippen LogP contribution is -2.58. The van der Waals surface area contributed by atoms with Crippen molar-refractivity contribution in [1.29, 1.82) is 0 Å². The van der Waals surface area contributed by atoms with E-state index in [-0.39, 0.29) is 0 Å². The van der Waals surface area contributed by atoms with Crippen molar-refractivity contribution in [2.24, 2.45) is 5.92 Å². The van der Waals surface area contributed by atoms with Gasteiger partial charge in [-0.2, -0.15) is 0 Å². The molecule has 2 amide bonds. The van der Waals surface area contributed by atoms with Crippen LogP contribution >= 0.6 is 11.3 Å². The van der Waals surface area contributed by atoms with Crippen molar-refractivity contribution < 1.29 is 14.7 Å². The summed E-state index contributed by atoms with van der Waals surface area (Å²) in [5.74, 6) is -0.420. The van der Waals surface area contributed by atoms with Gasteiger partial charge in [0.15, 0.2) is 0 Å². The van der Waals surface area contributed by atoms with Gasteiger partial charge in [-0.25, -0.2) is 14.6 Å². The lowest BCUT2D eigenvalue weighted by Gasteiger charge is -2.36. The Morgan fingerprint density at radius 3 is 2.76 bits per heavy atom. The summed E-state index contributed by atoms with van der Waals surface area (Å²) < 4.78 is 0. The number of urea groups is 1. The fraction of sp³-hybridized carbons (Fsp3) is 0.643. The zero-order valence-electron chi connectivity index (χ0n) is 12.1. The lowest BCUT2D eigenvalue weighted by molar-refractivity contribution is -0.146. The SMILES string of the molecule is CC1CCC(NC(=O)NCCc2cscn2)(C(=O)O)CC1. The third-order valence-corrected chi connectivity index (χ3v) is 4.68. The summed E-state index contributed by atoms with van der Waals surface area (Å²) in [7, 11) is 0. The normalized spacial score (nSPS) is 25.3. The van der Waals surface area contributed by atoms with Crippen LogP contribution in [0.5, 0.6) is 0 Å². The Bertz CT molecular complexity index is 482. The fourth-order valence-corrected chi connectivity index (χ4v) is 3.17. The summed E-state index contributed by atoms with van der Waals surface area (Å²) in [6.45, 7) is 2.56. The van der Waals surface area contributed by atoms with Gasteiger partial charge in [0.2, 0.25) is 0 Å². The Kier molecular flexibility index (Phi) is 5.17.